The van der Waals surface area contributed by atoms with E-state index in [-0.39, 0.29) is 18.6 Å². The van der Waals surface area contributed by atoms with Crippen LogP contribution in [0.3, 0.4) is 0 Å². The molecule has 0 spiro atoms. The summed E-state index contributed by atoms with van der Waals surface area (Å²) in [6.07, 6.45) is 1.80. The number of nitrogens with one attached hydrogen (secondary N) is 1. The third kappa shape index (κ3) is 4.18. The highest BCUT2D eigenvalue weighted by Crippen LogP contribution is 2.12. The first-order chi connectivity index (χ1) is 9.69. The molecule has 1 fully saturated rings. The molecule has 0 saturated carbocycles. The minimum atomic E-state index is -0.183. The van der Waals surface area contributed by atoms with Crippen LogP contribution in [0.4, 0.5) is 5.82 Å². The summed E-state index contributed by atoms with van der Waals surface area (Å²) in [6, 6.07) is 5.72. The Hall–Kier alpha value is -1.66. The number of piperazine rings is 1. The van der Waals surface area contributed by atoms with Gasteiger partial charge in [-0.15, -0.1) is 0 Å². The fourth-order valence-corrected chi connectivity index (χ4v) is 2.25. The number of anilines is 1. The summed E-state index contributed by atoms with van der Waals surface area (Å²) < 4.78 is 0. The van der Waals surface area contributed by atoms with Gasteiger partial charge in [0.1, 0.15) is 5.82 Å². The topological polar surface area (TPSA) is 68.7 Å². The number of carbonyl (C=O) groups excluding carboxylic acids is 1. The molecular weight excluding hydrogens is 256 g/mol. The van der Waals surface area contributed by atoms with Gasteiger partial charge in [0, 0.05) is 38.4 Å². The van der Waals surface area contributed by atoms with Crippen LogP contribution in [0.5, 0.6) is 0 Å². The number of hydrogen-bond donors (Lipinski definition) is 2. The molecule has 0 bridgehead atoms. The third-order valence-corrected chi connectivity index (χ3v) is 3.39. The van der Waals surface area contributed by atoms with Gasteiger partial charge in [-0.05, 0) is 19.1 Å². The van der Waals surface area contributed by atoms with Crippen LogP contribution in [0.25, 0.3) is 0 Å². The zero-order valence-electron chi connectivity index (χ0n) is 11.8. The Morgan fingerprint density at radius 3 is 2.75 bits per heavy atom. The summed E-state index contributed by atoms with van der Waals surface area (Å²) in [5.41, 5.74) is 0. The van der Waals surface area contributed by atoms with E-state index in [4.69, 9.17) is 5.11 Å². The van der Waals surface area contributed by atoms with E-state index in [2.05, 4.69) is 20.1 Å². The molecule has 1 aromatic heterocycles. The van der Waals surface area contributed by atoms with Crippen molar-refractivity contribution in [2.45, 2.75) is 13.0 Å². The summed E-state index contributed by atoms with van der Waals surface area (Å²) in [7, 11) is 0. The van der Waals surface area contributed by atoms with Crippen molar-refractivity contribution in [3.8, 4) is 0 Å². The van der Waals surface area contributed by atoms with E-state index in [0.717, 1.165) is 32.0 Å². The summed E-state index contributed by atoms with van der Waals surface area (Å²) in [4.78, 5) is 20.4. The van der Waals surface area contributed by atoms with Crippen LogP contribution < -0.4 is 10.2 Å². The van der Waals surface area contributed by atoms with Gasteiger partial charge in [0.2, 0.25) is 5.91 Å². The van der Waals surface area contributed by atoms with Gasteiger partial charge in [0.25, 0.3) is 0 Å². The molecule has 1 unspecified atom stereocenters. The van der Waals surface area contributed by atoms with Crippen molar-refractivity contribution in [3.63, 3.8) is 0 Å². The zero-order chi connectivity index (χ0) is 14.4. The van der Waals surface area contributed by atoms with E-state index < -0.39 is 0 Å². The number of carbonyl (C=O) groups is 1. The fraction of sp³-hybridized carbons (Fsp3) is 0.571. The highest BCUT2D eigenvalue weighted by Gasteiger charge is 2.20. The van der Waals surface area contributed by atoms with Gasteiger partial charge in [0.05, 0.1) is 13.2 Å². The van der Waals surface area contributed by atoms with E-state index >= 15 is 0 Å². The minimum absolute atomic E-state index is 0.0286. The predicted octanol–water partition coefficient (Wildman–Crippen LogP) is -0.299. The molecule has 6 nitrogen and oxygen atoms in total. The summed E-state index contributed by atoms with van der Waals surface area (Å²) in [5, 5.41) is 11.7. The molecule has 1 atom stereocenters. The predicted molar refractivity (Wildman–Crippen MR) is 77.6 cm³/mol. The van der Waals surface area contributed by atoms with Crippen LogP contribution >= 0.6 is 0 Å². The number of nitrogens with zero attached hydrogens (tertiary/aromatic N) is 3. The lowest BCUT2D eigenvalue weighted by Gasteiger charge is -2.35. The Labute approximate surface area is 119 Å². The van der Waals surface area contributed by atoms with E-state index in [1.54, 1.807) is 13.1 Å². The average Bonchev–Trinajstić information content (AvgIpc) is 2.48. The number of hydrogen-bond acceptors (Lipinski definition) is 5. The first kappa shape index (κ1) is 14.7. The van der Waals surface area contributed by atoms with Crippen LogP contribution in [0.2, 0.25) is 0 Å². The molecule has 1 aromatic rings. The van der Waals surface area contributed by atoms with E-state index in [1.165, 1.54) is 0 Å². The summed E-state index contributed by atoms with van der Waals surface area (Å²) >= 11 is 0. The largest absolute Gasteiger partial charge is 0.394 e. The van der Waals surface area contributed by atoms with Crippen LogP contribution in [-0.4, -0.2) is 66.3 Å². The normalized spacial score (nSPS) is 17.8. The maximum atomic E-state index is 11.7. The molecule has 6 heteroatoms. The average molecular weight is 278 g/mol. The highest BCUT2D eigenvalue weighted by molar-refractivity contribution is 5.78. The van der Waals surface area contributed by atoms with E-state index in [1.807, 2.05) is 18.2 Å². The Morgan fingerprint density at radius 2 is 2.15 bits per heavy atom. The van der Waals surface area contributed by atoms with Crippen LogP contribution in [0.1, 0.15) is 6.92 Å². The first-order valence-electron chi connectivity index (χ1n) is 6.97. The summed E-state index contributed by atoms with van der Waals surface area (Å²) in [5.74, 6) is 0.961. The highest BCUT2D eigenvalue weighted by atomic mass is 16.3. The monoisotopic (exact) mass is 278 g/mol. The van der Waals surface area contributed by atoms with Crippen molar-refractivity contribution >= 4 is 11.7 Å². The maximum absolute atomic E-state index is 11.7. The molecule has 1 aliphatic rings. The van der Waals surface area contributed by atoms with Gasteiger partial charge >= 0.3 is 0 Å². The second kappa shape index (κ2) is 7.21. The van der Waals surface area contributed by atoms with Gasteiger partial charge in [0.15, 0.2) is 0 Å². The zero-order valence-corrected chi connectivity index (χ0v) is 11.8. The van der Waals surface area contributed by atoms with Gasteiger partial charge in [-0.2, -0.15) is 0 Å². The lowest BCUT2D eigenvalue weighted by molar-refractivity contribution is -0.123. The molecule has 0 radical (unpaired) electrons. The number of aliphatic hydroxyl groups excluding tert-OH is 1. The molecule has 2 heterocycles. The molecule has 1 saturated heterocycles. The Kier molecular flexibility index (Phi) is 5.31. The minimum Gasteiger partial charge on any atom is -0.394 e. The maximum Gasteiger partial charge on any atom is 0.234 e. The number of aliphatic hydroxyl groups is 1. The second-order valence-electron chi connectivity index (χ2n) is 5.10. The quantitative estimate of drug-likeness (QED) is 0.774. The van der Waals surface area contributed by atoms with Crippen molar-refractivity contribution < 1.29 is 9.90 Å². The molecule has 0 aromatic carbocycles. The number of aromatic nitrogens is 1. The van der Waals surface area contributed by atoms with Gasteiger partial charge < -0.3 is 15.3 Å². The number of amides is 1. The van der Waals surface area contributed by atoms with Crippen molar-refractivity contribution in [1.29, 1.82) is 0 Å². The Balaban J connectivity index is 1.76. The van der Waals surface area contributed by atoms with E-state index in [9.17, 15) is 4.79 Å². The van der Waals surface area contributed by atoms with Crippen molar-refractivity contribution in [2.24, 2.45) is 0 Å². The Morgan fingerprint density at radius 1 is 1.40 bits per heavy atom. The number of pyridine rings is 1. The first-order valence-corrected chi connectivity index (χ1v) is 6.97. The van der Waals surface area contributed by atoms with Gasteiger partial charge in [-0.25, -0.2) is 4.98 Å². The van der Waals surface area contributed by atoms with Crippen LogP contribution in [-0.2, 0) is 4.79 Å². The Bertz CT molecular complexity index is 418. The lowest BCUT2D eigenvalue weighted by atomic mass is 10.3. The van der Waals surface area contributed by atoms with Crippen molar-refractivity contribution in [3.05, 3.63) is 24.4 Å². The molecular formula is C14H22N4O2. The second-order valence-corrected chi connectivity index (χ2v) is 5.10. The smallest absolute Gasteiger partial charge is 0.234 e. The molecule has 0 aliphatic carbocycles. The summed E-state index contributed by atoms with van der Waals surface area (Å²) in [6.45, 7) is 5.59. The van der Waals surface area contributed by atoms with Crippen LogP contribution in [0, 0.1) is 0 Å². The standard InChI is InChI=1S/C14H22N4O2/c1-12(11-19)16-14(20)10-17-6-8-18(9-7-17)13-4-2-3-5-15-13/h2-5,12,19H,6-11H2,1H3,(H,16,20). The lowest BCUT2D eigenvalue weighted by Crippen LogP contribution is -2.50. The van der Waals surface area contributed by atoms with Crippen molar-refractivity contribution in [2.75, 3.05) is 44.2 Å². The van der Waals surface area contributed by atoms with Crippen molar-refractivity contribution in [1.82, 2.24) is 15.2 Å². The molecule has 110 valence electrons. The van der Waals surface area contributed by atoms with Gasteiger partial charge in [-0.3, -0.25) is 9.69 Å². The fourth-order valence-electron chi connectivity index (χ4n) is 2.25. The van der Waals surface area contributed by atoms with Gasteiger partial charge in [-0.1, -0.05) is 6.07 Å². The van der Waals surface area contributed by atoms with Crippen LogP contribution in [0.15, 0.2) is 24.4 Å². The molecule has 1 amide bonds. The molecule has 20 heavy (non-hydrogen) atoms. The molecule has 2 rings (SSSR count). The van der Waals surface area contributed by atoms with E-state index in [0.29, 0.717) is 6.54 Å². The molecule has 2 N–H and O–H groups in total. The number of rotatable bonds is 5. The third-order valence-electron chi connectivity index (χ3n) is 3.39. The molecule has 1 aliphatic heterocycles. The SMILES string of the molecule is CC(CO)NC(=O)CN1CCN(c2ccccn2)CC1.